The molecule has 0 aromatic carbocycles. The number of hydrogen-bond donors (Lipinski definition) is 1. The molecule has 1 fully saturated rings. The summed E-state index contributed by atoms with van der Waals surface area (Å²) in [6.07, 6.45) is 4.47. The summed E-state index contributed by atoms with van der Waals surface area (Å²) in [4.78, 5) is 18.4. The first-order chi connectivity index (χ1) is 8.74. The number of piperidine rings is 1. The fourth-order valence-corrected chi connectivity index (χ4v) is 2.43. The molecule has 1 N–H and O–H groups in total. The first-order valence-corrected chi connectivity index (χ1v) is 6.65. The van der Waals surface area contributed by atoms with E-state index in [-0.39, 0.29) is 11.9 Å². The fourth-order valence-electron chi connectivity index (χ4n) is 2.43. The summed E-state index contributed by atoms with van der Waals surface area (Å²) in [6.45, 7) is 6.58. The van der Waals surface area contributed by atoms with Crippen molar-refractivity contribution in [1.29, 1.82) is 0 Å². The van der Waals surface area contributed by atoms with Gasteiger partial charge in [-0.05, 0) is 32.7 Å². The van der Waals surface area contributed by atoms with Gasteiger partial charge in [-0.25, -0.2) is 4.98 Å². The number of nitrogens with one attached hydrogen (secondary N) is 1. The predicted octanol–water partition coefficient (Wildman–Crippen LogP) is 1.59. The van der Waals surface area contributed by atoms with Gasteiger partial charge < -0.3 is 14.6 Å². The molecule has 0 bridgehead atoms. The molecule has 1 unspecified atom stereocenters. The lowest BCUT2D eigenvalue weighted by Crippen LogP contribution is -2.49. The summed E-state index contributed by atoms with van der Waals surface area (Å²) in [5.41, 5.74) is 0.671. The van der Waals surface area contributed by atoms with Gasteiger partial charge in [0, 0.05) is 19.1 Å². The van der Waals surface area contributed by atoms with Crippen LogP contribution in [-0.4, -0.2) is 41.5 Å². The van der Waals surface area contributed by atoms with Crippen LogP contribution in [0.2, 0.25) is 0 Å². The Kier molecular flexibility index (Phi) is 4.36. The van der Waals surface area contributed by atoms with Crippen molar-refractivity contribution in [2.24, 2.45) is 0 Å². The highest BCUT2D eigenvalue weighted by atomic mass is 16.3. The first kappa shape index (κ1) is 13.1. The van der Waals surface area contributed by atoms with Gasteiger partial charge in [0.15, 0.2) is 6.39 Å². The number of nitrogens with zero attached hydrogens (tertiary/aromatic N) is 2. The number of amides is 1. The number of aromatic nitrogens is 1. The molecule has 5 heteroatoms. The van der Waals surface area contributed by atoms with Gasteiger partial charge in [0.25, 0.3) is 5.91 Å². The Balaban J connectivity index is 2.13. The summed E-state index contributed by atoms with van der Waals surface area (Å²) >= 11 is 0. The smallest absolute Gasteiger partial charge is 0.291 e. The predicted molar refractivity (Wildman–Crippen MR) is 68.5 cm³/mol. The largest absolute Gasteiger partial charge is 0.438 e. The maximum Gasteiger partial charge on any atom is 0.291 e. The van der Waals surface area contributed by atoms with Crippen LogP contribution in [0, 0.1) is 6.92 Å². The molecule has 1 atom stereocenters. The molecule has 100 valence electrons. The molecular formula is C13H21N3O2. The normalized spacial score (nSPS) is 19.8. The third kappa shape index (κ3) is 2.72. The Bertz CT molecular complexity index is 397. The molecule has 2 heterocycles. The standard InChI is InChI=1S/C13H21N3O2/c1-3-7-16(11-5-4-6-14-8-11)13(17)12-10(2)15-9-18-12/h9,11,14H,3-8H2,1-2H3. The van der Waals surface area contributed by atoms with Crippen molar-refractivity contribution in [3.05, 3.63) is 17.8 Å². The highest BCUT2D eigenvalue weighted by Crippen LogP contribution is 2.16. The Morgan fingerprint density at radius 3 is 3.06 bits per heavy atom. The van der Waals surface area contributed by atoms with Crippen molar-refractivity contribution in [3.63, 3.8) is 0 Å². The zero-order valence-electron chi connectivity index (χ0n) is 11.1. The van der Waals surface area contributed by atoms with Crippen LogP contribution in [0.4, 0.5) is 0 Å². The zero-order valence-corrected chi connectivity index (χ0v) is 11.1. The van der Waals surface area contributed by atoms with Crippen LogP contribution >= 0.6 is 0 Å². The summed E-state index contributed by atoms with van der Waals surface area (Å²) in [5.74, 6) is 0.356. The third-order valence-corrected chi connectivity index (χ3v) is 3.38. The Hall–Kier alpha value is -1.36. The van der Waals surface area contributed by atoms with Crippen molar-refractivity contribution in [2.75, 3.05) is 19.6 Å². The second-order valence-corrected chi connectivity index (χ2v) is 4.77. The average Bonchev–Trinajstić information content (AvgIpc) is 2.82. The minimum Gasteiger partial charge on any atom is -0.438 e. The number of carbonyl (C=O) groups is 1. The van der Waals surface area contributed by atoms with Gasteiger partial charge in [0.1, 0.15) is 0 Å². The molecule has 1 saturated heterocycles. The topological polar surface area (TPSA) is 58.4 Å². The summed E-state index contributed by atoms with van der Waals surface area (Å²) in [5, 5.41) is 3.35. The number of aryl methyl sites for hydroxylation is 1. The van der Waals surface area contributed by atoms with Crippen molar-refractivity contribution in [2.45, 2.75) is 39.2 Å². The van der Waals surface area contributed by atoms with E-state index in [1.165, 1.54) is 6.39 Å². The van der Waals surface area contributed by atoms with Gasteiger partial charge in [-0.2, -0.15) is 0 Å². The lowest BCUT2D eigenvalue weighted by Gasteiger charge is -2.34. The molecule has 5 nitrogen and oxygen atoms in total. The van der Waals surface area contributed by atoms with Crippen LogP contribution in [0.5, 0.6) is 0 Å². The summed E-state index contributed by atoms with van der Waals surface area (Å²) in [7, 11) is 0. The van der Waals surface area contributed by atoms with E-state index in [0.29, 0.717) is 11.5 Å². The lowest BCUT2D eigenvalue weighted by molar-refractivity contribution is 0.0615. The van der Waals surface area contributed by atoms with E-state index in [4.69, 9.17) is 4.42 Å². The molecule has 1 aliphatic rings. The molecule has 1 aromatic rings. The quantitative estimate of drug-likeness (QED) is 0.882. The molecule has 1 aromatic heterocycles. The molecule has 1 amide bonds. The van der Waals surface area contributed by atoms with E-state index in [1.807, 2.05) is 4.90 Å². The molecule has 1 aliphatic heterocycles. The minimum absolute atomic E-state index is 0.0273. The van der Waals surface area contributed by atoms with Crippen LogP contribution in [0.15, 0.2) is 10.8 Å². The first-order valence-electron chi connectivity index (χ1n) is 6.65. The van der Waals surface area contributed by atoms with Crippen LogP contribution in [0.1, 0.15) is 42.4 Å². The second-order valence-electron chi connectivity index (χ2n) is 4.77. The Morgan fingerprint density at radius 1 is 1.67 bits per heavy atom. The number of carbonyl (C=O) groups excluding carboxylic acids is 1. The second kappa shape index (κ2) is 6.00. The molecule has 0 spiro atoms. The van der Waals surface area contributed by atoms with Crippen LogP contribution in [0.3, 0.4) is 0 Å². The van der Waals surface area contributed by atoms with Gasteiger partial charge in [-0.3, -0.25) is 4.79 Å². The third-order valence-electron chi connectivity index (χ3n) is 3.38. The molecular weight excluding hydrogens is 230 g/mol. The molecule has 18 heavy (non-hydrogen) atoms. The van der Waals surface area contributed by atoms with Crippen molar-refractivity contribution in [3.8, 4) is 0 Å². The van der Waals surface area contributed by atoms with Gasteiger partial charge in [-0.15, -0.1) is 0 Å². The number of oxazole rings is 1. The van der Waals surface area contributed by atoms with Crippen LogP contribution < -0.4 is 5.32 Å². The van der Waals surface area contributed by atoms with Crippen molar-refractivity contribution >= 4 is 5.91 Å². The maximum atomic E-state index is 12.5. The zero-order chi connectivity index (χ0) is 13.0. The highest BCUT2D eigenvalue weighted by molar-refractivity contribution is 5.92. The monoisotopic (exact) mass is 251 g/mol. The number of hydrogen-bond acceptors (Lipinski definition) is 4. The van der Waals surface area contributed by atoms with Crippen molar-refractivity contribution in [1.82, 2.24) is 15.2 Å². The van der Waals surface area contributed by atoms with Crippen LogP contribution in [0.25, 0.3) is 0 Å². The highest BCUT2D eigenvalue weighted by Gasteiger charge is 2.28. The van der Waals surface area contributed by atoms with Gasteiger partial charge in [0.2, 0.25) is 5.76 Å². The van der Waals surface area contributed by atoms with E-state index in [9.17, 15) is 4.79 Å². The molecule has 0 radical (unpaired) electrons. The minimum atomic E-state index is -0.0273. The van der Waals surface area contributed by atoms with E-state index in [0.717, 1.165) is 38.9 Å². The van der Waals surface area contributed by atoms with Crippen molar-refractivity contribution < 1.29 is 9.21 Å². The summed E-state index contributed by atoms with van der Waals surface area (Å²) in [6, 6.07) is 0.274. The Morgan fingerprint density at radius 2 is 2.50 bits per heavy atom. The Labute approximate surface area is 108 Å². The van der Waals surface area contributed by atoms with E-state index >= 15 is 0 Å². The van der Waals surface area contributed by atoms with E-state index < -0.39 is 0 Å². The molecule has 0 saturated carbocycles. The van der Waals surface area contributed by atoms with E-state index in [1.54, 1.807) is 6.92 Å². The number of rotatable bonds is 4. The van der Waals surface area contributed by atoms with E-state index in [2.05, 4.69) is 17.2 Å². The van der Waals surface area contributed by atoms with Gasteiger partial charge in [-0.1, -0.05) is 6.92 Å². The average molecular weight is 251 g/mol. The maximum absolute atomic E-state index is 12.5. The molecule has 2 rings (SSSR count). The fraction of sp³-hybridized carbons (Fsp3) is 0.692. The SMILES string of the molecule is CCCN(C(=O)c1ocnc1C)C1CCCNC1. The summed E-state index contributed by atoms with van der Waals surface area (Å²) < 4.78 is 5.22. The van der Waals surface area contributed by atoms with Gasteiger partial charge >= 0.3 is 0 Å². The van der Waals surface area contributed by atoms with Gasteiger partial charge in [0.05, 0.1) is 5.69 Å². The van der Waals surface area contributed by atoms with Crippen LogP contribution in [-0.2, 0) is 0 Å². The lowest BCUT2D eigenvalue weighted by atomic mass is 10.0. The molecule has 0 aliphatic carbocycles.